The van der Waals surface area contributed by atoms with Crippen LogP contribution in [0.5, 0.6) is 5.75 Å². The summed E-state index contributed by atoms with van der Waals surface area (Å²) in [5, 5.41) is 12.9. The molecule has 3 fully saturated rings. The first kappa shape index (κ1) is 31.6. The Balaban J connectivity index is 1.47. The van der Waals surface area contributed by atoms with Gasteiger partial charge in [-0.1, -0.05) is 51.3 Å². The lowest BCUT2D eigenvalue weighted by Gasteiger charge is -2.50. The van der Waals surface area contributed by atoms with Crippen LogP contribution in [0.1, 0.15) is 50.7 Å². The summed E-state index contributed by atoms with van der Waals surface area (Å²) in [6.45, 7) is 5.46. The van der Waals surface area contributed by atoms with Gasteiger partial charge in [-0.25, -0.2) is 4.39 Å². The van der Waals surface area contributed by atoms with E-state index < -0.39 is 58.2 Å². The van der Waals surface area contributed by atoms with E-state index in [0.29, 0.717) is 26.3 Å². The highest BCUT2D eigenvalue weighted by molar-refractivity contribution is 9.10. The number of phenolic OH excluding ortho intramolecular Hbond substituents is 1. The Hall–Kier alpha value is -4.02. The summed E-state index contributed by atoms with van der Waals surface area (Å²) in [6, 6.07) is 17.0. The molecule has 1 saturated carbocycles. The van der Waals surface area contributed by atoms with Crippen LogP contribution < -0.4 is 5.43 Å². The Morgan fingerprint density at radius 3 is 2.28 bits per heavy atom. The fourth-order valence-electron chi connectivity index (χ4n) is 8.42. The zero-order valence-corrected chi connectivity index (χ0v) is 28.2. The average molecular weight is 721 g/mol. The van der Waals surface area contributed by atoms with Crippen molar-refractivity contribution in [3.05, 3.63) is 105 Å². The molecule has 0 spiro atoms. The van der Waals surface area contributed by atoms with E-state index in [4.69, 9.17) is 11.6 Å². The smallest absolute Gasteiger partial charge is 0.260 e. The molecule has 2 N–H and O–H groups in total. The minimum atomic E-state index is -1.57. The molecule has 8 nitrogen and oxygen atoms in total. The predicted octanol–water partition coefficient (Wildman–Crippen LogP) is 6.73. The molecule has 2 aliphatic heterocycles. The van der Waals surface area contributed by atoms with Crippen molar-refractivity contribution in [2.24, 2.45) is 23.7 Å². The summed E-state index contributed by atoms with van der Waals surface area (Å²) < 4.78 is 14.4. The maximum absolute atomic E-state index is 15.1. The summed E-state index contributed by atoms with van der Waals surface area (Å²) in [6.07, 6.45) is 2.33. The number of hydrogen-bond acceptors (Lipinski definition) is 6. The zero-order valence-electron chi connectivity index (χ0n) is 25.8. The number of imide groups is 2. The van der Waals surface area contributed by atoms with E-state index in [1.54, 1.807) is 36.4 Å². The number of carbonyl (C=O) groups is 4. The van der Waals surface area contributed by atoms with Crippen LogP contribution in [0.2, 0.25) is 5.02 Å². The summed E-state index contributed by atoms with van der Waals surface area (Å²) in [5.74, 6) is -5.97. The Bertz CT molecular complexity index is 1870. The molecule has 3 aromatic carbocycles. The van der Waals surface area contributed by atoms with Gasteiger partial charge in [-0.05, 0) is 99.7 Å². The molecule has 4 aliphatic rings. The Labute approximate surface area is 284 Å². The van der Waals surface area contributed by atoms with E-state index >= 15 is 4.79 Å². The summed E-state index contributed by atoms with van der Waals surface area (Å²) in [5.41, 5.74) is 2.58. The Morgan fingerprint density at radius 2 is 1.62 bits per heavy atom. The van der Waals surface area contributed by atoms with Crippen molar-refractivity contribution >= 4 is 56.8 Å². The third-order valence-electron chi connectivity index (χ3n) is 10.2. The number of halogens is 3. The lowest BCUT2D eigenvalue weighted by atomic mass is 9.49. The molecular formula is C36H32BrClFN3O5. The quantitative estimate of drug-likeness (QED) is 0.229. The van der Waals surface area contributed by atoms with Crippen molar-refractivity contribution < 1.29 is 28.7 Å². The first-order chi connectivity index (χ1) is 22.2. The lowest BCUT2D eigenvalue weighted by Crippen LogP contribution is -2.53. The molecule has 2 aliphatic carbocycles. The number of hydrazine groups is 1. The Morgan fingerprint density at radius 1 is 0.936 bits per heavy atom. The van der Waals surface area contributed by atoms with E-state index in [2.05, 4.69) is 21.4 Å². The SMILES string of the molecule is CC(C)(C)N1C(=O)[C@H]2[C@H](CC=C3[C@H]2C[C@H]2C(=O)N(Nc4ccc(F)cc4)C(=O)[C@@]2(c2ccc(Cl)cc2)[C@H]3c2cc(Br)ccc2O)C1=O. The van der Waals surface area contributed by atoms with Crippen LogP contribution in [-0.2, 0) is 24.6 Å². The van der Waals surface area contributed by atoms with Crippen molar-refractivity contribution in [1.29, 1.82) is 0 Å². The molecule has 0 unspecified atom stereocenters. The normalized spacial score (nSPS) is 28.6. The van der Waals surface area contributed by atoms with Gasteiger partial charge in [0.2, 0.25) is 11.8 Å². The fourth-order valence-corrected chi connectivity index (χ4v) is 8.92. The van der Waals surface area contributed by atoms with Gasteiger partial charge in [0.05, 0.1) is 28.9 Å². The van der Waals surface area contributed by atoms with Crippen LogP contribution in [-0.4, -0.2) is 44.2 Å². The van der Waals surface area contributed by atoms with E-state index in [1.807, 2.05) is 26.8 Å². The van der Waals surface area contributed by atoms with Gasteiger partial charge in [0.25, 0.3) is 11.8 Å². The van der Waals surface area contributed by atoms with Gasteiger partial charge in [0.1, 0.15) is 11.6 Å². The van der Waals surface area contributed by atoms with E-state index in [-0.39, 0.29) is 30.4 Å². The van der Waals surface area contributed by atoms with Crippen LogP contribution >= 0.6 is 27.5 Å². The van der Waals surface area contributed by atoms with Crippen LogP contribution in [0.25, 0.3) is 0 Å². The van der Waals surface area contributed by atoms with Crippen molar-refractivity contribution in [3.8, 4) is 5.75 Å². The molecule has 242 valence electrons. The third kappa shape index (κ3) is 4.66. The molecular weight excluding hydrogens is 689 g/mol. The third-order valence-corrected chi connectivity index (χ3v) is 11.0. The molecule has 11 heteroatoms. The van der Waals surface area contributed by atoms with Crippen molar-refractivity contribution in [2.45, 2.75) is 50.5 Å². The van der Waals surface area contributed by atoms with Crippen molar-refractivity contribution in [3.63, 3.8) is 0 Å². The second-order valence-corrected chi connectivity index (χ2v) is 15.1. The highest BCUT2D eigenvalue weighted by Crippen LogP contribution is 2.65. The van der Waals surface area contributed by atoms with E-state index in [9.17, 15) is 23.9 Å². The topological polar surface area (TPSA) is 107 Å². The maximum Gasteiger partial charge on any atom is 0.260 e. The standard InChI is InChI=1S/C36H32BrClFN3O5/c1-35(2,3)41-31(44)24-14-13-23-25(29(24)33(41)46)17-27-32(45)42(40-22-11-9-21(39)10-12-22)34(47)36(27,18-4-7-20(38)8-5-18)30(23)26-16-19(37)6-15-28(26)43/h4-13,15-16,24-25,27,29-30,40,43H,14,17H2,1-3H3/t24-,25+,27-,29-,30+,36+/m0/s1. The van der Waals surface area contributed by atoms with Gasteiger partial charge in [-0.3, -0.25) is 29.5 Å². The number of rotatable bonds is 4. The van der Waals surface area contributed by atoms with E-state index in [1.165, 1.54) is 35.2 Å². The number of phenols is 1. The average Bonchev–Trinajstić information content (AvgIpc) is 3.41. The molecule has 0 aromatic heterocycles. The molecule has 0 radical (unpaired) electrons. The van der Waals surface area contributed by atoms with Gasteiger partial charge in [0.15, 0.2) is 0 Å². The van der Waals surface area contributed by atoms with Crippen LogP contribution in [0.3, 0.4) is 0 Å². The molecule has 6 atom stereocenters. The lowest BCUT2D eigenvalue weighted by molar-refractivity contribution is -0.146. The number of allylic oxidation sites excluding steroid dienone is 2. The van der Waals surface area contributed by atoms with Crippen molar-refractivity contribution in [1.82, 2.24) is 9.91 Å². The molecule has 3 aromatic rings. The van der Waals surface area contributed by atoms with Crippen LogP contribution in [0.4, 0.5) is 10.1 Å². The molecule has 7 rings (SSSR count). The largest absolute Gasteiger partial charge is 0.508 e. The number of carbonyl (C=O) groups excluding carboxylic acids is 4. The highest BCUT2D eigenvalue weighted by Gasteiger charge is 2.71. The molecule has 47 heavy (non-hydrogen) atoms. The number of benzene rings is 3. The first-order valence-electron chi connectivity index (χ1n) is 15.5. The number of amides is 4. The number of nitrogens with zero attached hydrogens (tertiary/aromatic N) is 2. The first-order valence-corrected chi connectivity index (χ1v) is 16.6. The predicted molar refractivity (Wildman–Crippen MR) is 176 cm³/mol. The number of aromatic hydroxyl groups is 1. The number of likely N-dealkylation sites (tertiary alicyclic amines) is 1. The van der Waals surface area contributed by atoms with Gasteiger partial charge in [-0.2, -0.15) is 5.01 Å². The highest BCUT2D eigenvalue weighted by atomic mass is 79.9. The second-order valence-electron chi connectivity index (χ2n) is 13.8. The molecule has 2 saturated heterocycles. The monoisotopic (exact) mass is 719 g/mol. The van der Waals surface area contributed by atoms with Crippen LogP contribution in [0.15, 0.2) is 82.9 Å². The second kappa shape index (κ2) is 11.0. The summed E-state index contributed by atoms with van der Waals surface area (Å²) in [7, 11) is 0. The maximum atomic E-state index is 15.1. The minimum Gasteiger partial charge on any atom is -0.508 e. The van der Waals surface area contributed by atoms with Crippen molar-refractivity contribution in [2.75, 3.05) is 5.43 Å². The van der Waals surface area contributed by atoms with Gasteiger partial charge in [-0.15, -0.1) is 0 Å². The van der Waals surface area contributed by atoms with Crippen LogP contribution in [0, 0.1) is 29.5 Å². The number of hydrogen-bond donors (Lipinski definition) is 2. The number of anilines is 1. The molecule has 4 amide bonds. The van der Waals surface area contributed by atoms with Gasteiger partial charge >= 0.3 is 0 Å². The van der Waals surface area contributed by atoms with Gasteiger partial charge in [0, 0.05) is 26.5 Å². The summed E-state index contributed by atoms with van der Waals surface area (Å²) >= 11 is 9.85. The number of nitrogens with one attached hydrogen (secondary N) is 1. The minimum absolute atomic E-state index is 0.0794. The molecule has 2 heterocycles. The fraction of sp³-hybridized carbons (Fsp3) is 0.333. The summed E-state index contributed by atoms with van der Waals surface area (Å²) in [4.78, 5) is 58.9. The van der Waals surface area contributed by atoms with Gasteiger partial charge < -0.3 is 5.11 Å². The number of fused-ring (bicyclic) bond motifs is 4. The Kier molecular flexibility index (Phi) is 7.40. The van der Waals surface area contributed by atoms with E-state index in [0.717, 1.165) is 10.6 Å². The zero-order chi connectivity index (χ0) is 33.6. The molecule has 0 bridgehead atoms.